The second kappa shape index (κ2) is 6.04. The molecule has 0 aliphatic heterocycles. The maximum absolute atomic E-state index is 11.6. The molecule has 0 radical (unpaired) electrons. The third-order valence-electron chi connectivity index (χ3n) is 3.06. The minimum absolute atomic E-state index is 0.0789. The molecule has 110 valence electrons. The molecular weight excluding hydrogens is 274 g/mol. The molecule has 8 heteroatoms. The van der Waals surface area contributed by atoms with Crippen LogP contribution in [0.4, 0.5) is 11.4 Å². The van der Waals surface area contributed by atoms with E-state index in [1.54, 1.807) is 24.0 Å². The van der Waals surface area contributed by atoms with Crippen molar-refractivity contribution in [2.24, 2.45) is 7.05 Å². The van der Waals surface area contributed by atoms with E-state index in [0.29, 0.717) is 17.8 Å². The van der Waals surface area contributed by atoms with E-state index in [1.165, 1.54) is 25.2 Å². The number of benzene rings is 1. The first-order chi connectivity index (χ1) is 10.0. The van der Waals surface area contributed by atoms with E-state index in [2.05, 4.69) is 15.7 Å². The van der Waals surface area contributed by atoms with Gasteiger partial charge in [-0.1, -0.05) is 0 Å². The third kappa shape index (κ3) is 3.16. The van der Waals surface area contributed by atoms with Crippen molar-refractivity contribution >= 4 is 17.3 Å². The Hall–Kier alpha value is -2.90. The number of aromatic nitrogens is 2. The summed E-state index contributed by atoms with van der Waals surface area (Å²) in [6, 6.07) is 6.01. The Balaban J connectivity index is 2.28. The van der Waals surface area contributed by atoms with Crippen molar-refractivity contribution in [2.75, 3.05) is 12.4 Å². The lowest BCUT2D eigenvalue weighted by atomic mass is 10.1. The molecule has 1 aromatic carbocycles. The van der Waals surface area contributed by atoms with Gasteiger partial charge in [-0.15, -0.1) is 0 Å². The molecule has 0 atom stereocenters. The summed E-state index contributed by atoms with van der Waals surface area (Å²) >= 11 is 0. The van der Waals surface area contributed by atoms with Gasteiger partial charge < -0.3 is 10.6 Å². The van der Waals surface area contributed by atoms with Gasteiger partial charge in [-0.05, 0) is 18.2 Å². The molecule has 8 nitrogen and oxygen atoms in total. The van der Waals surface area contributed by atoms with Gasteiger partial charge in [0, 0.05) is 31.9 Å². The van der Waals surface area contributed by atoms with E-state index in [9.17, 15) is 14.9 Å². The molecule has 0 bridgehead atoms. The van der Waals surface area contributed by atoms with Crippen molar-refractivity contribution in [1.82, 2.24) is 15.1 Å². The number of carbonyl (C=O) groups is 1. The van der Waals surface area contributed by atoms with Crippen LogP contribution in [0.5, 0.6) is 0 Å². The van der Waals surface area contributed by atoms with E-state index in [1.807, 2.05) is 0 Å². The Bertz CT molecular complexity index is 680. The summed E-state index contributed by atoms with van der Waals surface area (Å²) in [6.45, 7) is 0.370. The molecule has 2 aromatic rings. The highest BCUT2D eigenvalue weighted by molar-refractivity contribution is 5.95. The van der Waals surface area contributed by atoms with E-state index < -0.39 is 4.92 Å². The SMILES string of the molecule is CNC(=O)c1ccc([N+](=O)[O-])c(NCc2ccnn2C)c1. The lowest BCUT2D eigenvalue weighted by molar-refractivity contribution is -0.384. The molecule has 0 unspecified atom stereocenters. The molecule has 0 saturated carbocycles. The Morgan fingerprint density at radius 3 is 2.76 bits per heavy atom. The predicted octanol–water partition coefficient (Wildman–Crippen LogP) is 1.30. The van der Waals surface area contributed by atoms with Crippen LogP contribution in [-0.2, 0) is 13.6 Å². The summed E-state index contributed by atoms with van der Waals surface area (Å²) < 4.78 is 1.67. The van der Waals surface area contributed by atoms with Crippen molar-refractivity contribution < 1.29 is 9.72 Å². The number of nitrogens with zero attached hydrogens (tertiary/aromatic N) is 3. The number of nitro groups is 1. The fourth-order valence-electron chi connectivity index (χ4n) is 1.88. The normalized spacial score (nSPS) is 10.2. The first-order valence-electron chi connectivity index (χ1n) is 6.24. The molecule has 2 rings (SSSR count). The van der Waals surface area contributed by atoms with Crippen molar-refractivity contribution in [3.63, 3.8) is 0 Å². The van der Waals surface area contributed by atoms with Crippen molar-refractivity contribution in [1.29, 1.82) is 0 Å². The number of aryl methyl sites for hydroxylation is 1. The van der Waals surface area contributed by atoms with Gasteiger partial charge in [-0.2, -0.15) is 5.10 Å². The van der Waals surface area contributed by atoms with Crippen molar-refractivity contribution in [3.8, 4) is 0 Å². The molecule has 1 aromatic heterocycles. The molecule has 1 amide bonds. The summed E-state index contributed by atoms with van der Waals surface area (Å²) in [4.78, 5) is 22.2. The van der Waals surface area contributed by atoms with Crippen LogP contribution in [0, 0.1) is 10.1 Å². The zero-order chi connectivity index (χ0) is 15.4. The summed E-state index contributed by atoms with van der Waals surface area (Å²) in [5.41, 5.74) is 1.44. The average molecular weight is 289 g/mol. The molecular formula is C13H15N5O3. The number of nitrogens with one attached hydrogen (secondary N) is 2. The summed E-state index contributed by atoms with van der Waals surface area (Å²) in [6.07, 6.45) is 1.65. The topological polar surface area (TPSA) is 102 Å². The minimum Gasteiger partial charge on any atom is -0.374 e. The second-order valence-corrected chi connectivity index (χ2v) is 4.37. The maximum atomic E-state index is 11.6. The number of hydrogen-bond donors (Lipinski definition) is 2. The van der Waals surface area contributed by atoms with E-state index >= 15 is 0 Å². The van der Waals surface area contributed by atoms with Gasteiger partial charge in [0.25, 0.3) is 11.6 Å². The smallest absolute Gasteiger partial charge is 0.292 e. The van der Waals surface area contributed by atoms with Crippen molar-refractivity contribution in [2.45, 2.75) is 6.54 Å². The van der Waals surface area contributed by atoms with Gasteiger partial charge in [0.1, 0.15) is 5.69 Å². The van der Waals surface area contributed by atoms with Gasteiger partial charge in [-0.25, -0.2) is 0 Å². The zero-order valence-corrected chi connectivity index (χ0v) is 11.7. The third-order valence-corrected chi connectivity index (χ3v) is 3.06. The van der Waals surface area contributed by atoms with E-state index in [0.717, 1.165) is 5.69 Å². The lowest BCUT2D eigenvalue weighted by Gasteiger charge is -2.09. The molecule has 0 saturated heterocycles. The Labute approximate surface area is 120 Å². The first kappa shape index (κ1) is 14.5. The maximum Gasteiger partial charge on any atom is 0.292 e. The Morgan fingerprint density at radius 1 is 1.43 bits per heavy atom. The number of carbonyl (C=O) groups excluding carboxylic acids is 1. The van der Waals surface area contributed by atoms with Crippen LogP contribution in [0.15, 0.2) is 30.5 Å². The molecule has 21 heavy (non-hydrogen) atoms. The van der Waals surface area contributed by atoms with E-state index in [-0.39, 0.29) is 11.6 Å². The molecule has 1 heterocycles. The Kier molecular flexibility index (Phi) is 4.17. The predicted molar refractivity (Wildman–Crippen MR) is 77.0 cm³/mol. The van der Waals surface area contributed by atoms with Crippen LogP contribution in [-0.4, -0.2) is 27.7 Å². The van der Waals surface area contributed by atoms with Gasteiger partial charge in [-0.3, -0.25) is 19.6 Å². The standard InChI is InChI=1S/C13H15N5O3/c1-14-13(19)9-3-4-12(18(20)21)11(7-9)15-8-10-5-6-16-17(10)2/h3-7,15H,8H2,1-2H3,(H,14,19). The van der Waals surface area contributed by atoms with Gasteiger partial charge in [0.05, 0.1) is 17.2 Å². The monoisotopic (exact) mass is 289 g/mol. The number of nitro benzene ring substituents is 1. The highest BCUT2D eigenvalue weighted by atomic mass is 16.6. The fourth-order valence-corrected chi connectivity index (χ4v) is 1.88. The largest absolute Gasteiger partial charge is 0.374 e. The lowest BCUT2D eigenvalue weighted by Crippen LogP contribution is -2.18. The van der Waals surface area contributed by atoms with Crippen LogP contribution in [0.3, 0.4) is 0 Å². The van der Waals surface area contributed by atoms with E-state index in [4.69, 9.17) is 0 Å². The van der Waals surface area contributed by atoms with Crippen LogP contribution in [0.1, 0.15) is 16.1 Å². The summed E-state index contributed by atoms with van der Waals surface area (Å²) in [7, 11) is 3.29. The molecule has 0 aliphatic carbocycles. The quantitative estimate of drug-likeness (QED) is 0.638. The minimum atomic E-state index is -0.487. The summed E-state index contributed by atoms with van der Waals surface area (Å²) in [5, 5.41) is 20.5. The first-order valence-corrected chi connectivity index (χ1v) is 6.24. The highest BCUT2D eigenvalue weighted by Gasteiger charge is 2.16. The van der Waals surface area contributed by atoms with Crippen LogP contribution >= 0.6 is 0 Å². The number of anilines is 1. The second-order valence-electron chi connectivity index (χ2n) is 4.37. The number of rotatable bonds is 5. The van der Waals surface area contributed by atoms with Crippen molar-refractivity contribution in [3.05, 3.63) is 51.8 Å². The summed E-state index contributed by atoms with van der Waals surface area (Å²) in [5.74, 6) is -0.298. The molecule has 0 aliphatic rings. The Morgan fingerprint density at radius 2 is 2.19 bits per heavy atom. The highest BCUT2D eigenvalue weighted by Crippen LogP contribution is 2.26. The van der Waals surface area contributed by atoms with Crippen LogP contribution in [0.25, 0.3) is 0 Å². The van der Waals surface area contributed by atoms with Gasteiger partial charge in [0.2, 0.25) is 0 Å². The zero-order valence-electron chi connectivity index (χ0n) is 11.7. The molecule has 2 N–H and O–H groups in total. The van der Waals surface area contributed by atoms with Crippen LogP contribution in [0.2, 0.25) is 0 Å². The number of hydrogen-bond acceptors (Lipinski definition) is 5. The number of amides is 1. The molecule has 0 fully saturated rings. The van der Waals surface area contributed by atoms with Gasteiger partial charge >= 0.3 is 0 Å². The fraction of sp³-hybridized carbons (Fsp3) is 0.231. The molecule has 0 spiro atoms. The van der Waals surface area contributed by atoms with Crippen LogP contribution < -0.4 is 10.6 Å². The van der Waals surface area contributed by atoms with Gasteiger partial charge in [0.15, 0.2) is 0 Å². The average Bonchev–Trinajstić information content (AvgIpc) is 2.89.